The van der Waals surface area contributed by atoms with Crippen LogP contribution in [0.1, 0.15) is 0 Å². The molecule has 62 valence electrons. The lowest BCUT2D eigenvalue weighted by molar-refractivity contribution is 0.491. The van der Waals surface area contributed by atoms with Crippen LogP contribution in [0.2, 0.25) is 0 Å². The van der Waals surface area contributed by atoms with Gasteiger partial charge in [-0.3, -0.25) is 0 Å². The van der Waals surface area contributed by atoms with Crippen molar-refractivity contribution >= 4 is 27.1 Å². The number of fused-ring (bicyclic) bond motifs is 1. The van der Waals surface area contributed by atoms with Gasteiger partial charge in [0.15, 0.2) is 5.06 Å². The van der Waals surface area contributed by atoms with Gasteiger partial charge in [-0.15, -0.1) is 0 Å². The molecule has 0 atom stereocenters. The Bertz CT molecular complexity index is 438. The van der Waals surface area contributed by atoms with Gasteiger partial charge in [0.25, 0.3) is 0 Å². The summed E-state index contributed by atoms with van der Waals surface area (Å²) in [4.78, 5) is 0. The Labute approximate surface area is 72.1 Å². The molecule has 0 spiro atoms. The molecular weight excluding hydrogens is 177 g/mol. The lowest BCUT2D eigenvalue weighted by Crippen LogP contribution is -1.85. The summed E-state index contributed by atoms with van der Waals surface area (Å²) < 4.78 is 13.5. The maximum absolute atomic E-state index is 12.7. The molecule has 0 fully saturated rings. The molecule has 0 radical (unpaired) electrons. The highest BCUT2D eigenvalue weighted by molar-refractivity contribution is 7.21. The van der Waals surface area contributed by atoms with Gasteiger partial charge < -0.3 is 10.8 Å². The van der Waals surface area contributed by atoms with E-state index in [2.05, 4.69) is 0 Å². The van der Waals surface area contributed by atoms with Crippen LogP contribution in [0.5, 0.6) is 5.06 Å². The number of hydrogen-bond acceptors (Lipinski definition) is 3. The van der Waals surface area contributed by atoms with Gasteiger partial charge in [-0.25, -0.2) is 4.39 Å². The highest BCUT2D eigenvalue weighted by Crippen LogP contribution is 2.34. The molecule has 12 heavy (non-hydrogen) atoms. The summed E-state index contributed by atoms with van der Waals surface area (Å²) in [6, 6.07) is 4.10. The van der Waals surface area contributed by atoms with Crippen LogP contribution in [0.25, 0.3) is 10.1 Å². The molecule has 2 rings (SSSR count). The fraction of sp³-hybridized carbons (Fsp3) is 0. The zero-order valence-corrected chi connectivity index (χ0v) is 6.86. The van der Waals surface area contributed by atoms with Crippen molar-refractivity contribution in [3.8, 4) is 5.06 Å². The van der Waals surface area contributed by atoms with E-state index in [0.717, 1.165) is 16.0 Å². The van der Waals surface area contributed by atoms with E-state index in [9.17, 15) is 4.39 Å². The molecule has 0 aliphatic heterocycles. The molecule has 0 saturated carbocycles. The number of nitrogens with two attached hydrogens (primary N) is 1. The largest absolute Gasteiger partial charge is 0.499 e. The Kier molecular flexibility index (Phi) is 1.44. The van der Waals surface area contributed by atoms with Crippen LogP contribution in [0.3, 0.4) is 0 Å². The summed E-state index contributed by atoms with van der Waals surface area (Å²) >= 11 is 1.15. The first-order valence-corrected chi connectivity index (χ1v) is 4.16. The minimum Gasteiger partial charge on any atom is -0.499 e. The third-order valence-electron chi connectivity index (χ3n) is 1.60. The molecule has 2 nitrogen and oxygen atoms in total. The monoisotopic (exact) mass is 183 g/mol. The molecule has 0 aliphatic rings. The number of benzene rings is 1. The van der Waals surface area contributed by atoms with Crippen molar-refractivity contribution in [1.82, 2.24) is 0 Å². The summed E-state index contributed by atoms with van der Waals surface area (Å²) in [5.41, 5.74) is 5.90. The van der Waals surface area contributed by atoms with Crippen LogP contribution < -0.4 is 5.73 Å². The second-order valence-electron chi connectivity index (χ2n) is 2.50. The smallest absolute Gasteiger partial charge is 0.172 e. The standard InChI is InChI=1S/C8H6FNOS/c9-5-1-4-2-7(11)12-8(4)6(10)3-5/h1-3,11H,10H2. The number of rotatable bonds is 0. The molecular formula is C8H6FNOS. The second kappa shape index (κ2) is 2.35. The molecule has 3 N–H and O–H groups in total. The Morgan fingerprint density at radius 3 is 2.83 bits per heavy atom. The average molecular weight is 183 g/mol. The molecule has 1 aromatic heterocycles. The Morgan fingerprint density at radius 2 is 2.08 bits per heavy atom. The van der Waals surface area contributed by atoms with Crippen molar-refractivity contribution in [1.29, 1.82) is 0 Å². The topological polar surface area (TPSA) is 46.2 Å². The maximum Gasteiger partial charge on any atom is 0.172 e. The second-order valence-corrected chi connectivity index (χ2v) is 3.53. The minimum atomic E-state index is -0.377. The number of anilines is 1. The summed E-state index contributed by atoms with van der Waals surface area (Å²) in [6.45, 7) is 0. The normalized spacial score (nSPS) is 10.8. The number of thiophene rings is 1. The molecule has 0 aliphatic carbocycles. The molecule has 4 heteroatoms. The highest BCUT2D eigenvalue weighted by Gasteiger charge is 2.05. The average Bonchev–Trinajstić information content (AvgIpc) is 2.29. The Morgan fingerprint density at radius 1 is 1.33 bits per heavy atom. The van der Waals surface area contributed by atoms with Gasteiger partial charge in [-0.2, -0.15) is 0 Å². The van der Waals surface area contributed by atoms with Crippen molar-refractivity contribution in [3.05, 3.63) is 24.0 Å². The first kappa shape index (κ1) is 7.36. The zero-order chi connectivity index (χ0) is 8.72. The van der Waals surface area contributed by atoms with E-state index in [0.29, 0.717) is 11.1 Å². The minimum absolute atomic E-state index is 0.155. The van der Waals surface area contributed by atoms with Crippen LogP contribution in [0.4, 0.5) is 10.1 Å². The van der Waals surface area contributed by atoms with E-state index in [4.69, 9.17) is 10.8 Å². The van der Waals surface area contributed by atoms with E-state index in [-0.39, 0.29) is 10.9 Å². The SMILES string of the molecule is Nc1cc(F)cc2cc(O)sc12. The zero-order valence-electron chi connectivity index (χ0n) is 6.04. The number of aromatic hydroxyl groups is 1. The maximum atomic E-state index is 12.7. The van der Waals surface area contributed by atoms with Crippen LogP contribution in [-0.2, 0) is 0 Å². The van der Waals surface area contributed by atoms with E-state index in [1.165, 1.54) is 18.2 Å². The quantitative estimate of drug-likeness (QED) is 0.616. The van der Waals surface area contributed by atoms with E-state index in [1.54, 1.807) is 0 Å². The molecule has 0 unspecified atom stereocenters. The predicted octanol–water partition coefficient (Wildman–Crippen LogP) is 2.33. The third-order valence-corrected chi connectivity index (χ3v) is 2.60. The first-order valence-electron chi connectivity index (χ1n) is 3.34. The van der Waals surface area contributed by atoms with Crippen molar-refractivity contribution in [3.63, 3.8) is 0 Å². The third kappa shape index (κ3) is 1.00. The fourth-order valence-electron chi connectivity index (χ4n) is 1.13. The van der Waals surface area contributed by atoms with Crippen molar-refractivity contribution < 1.29 is 9.50 Å². The van der Waals surface area contributed by atoms with Crippen LogP contribution >= 0.6 is 11.3 Å². The predicted molar refractivity (Wildman–Crippen MR) is 47.9 cm³/mol. The first-order chi connectivity index (χ1) is 5.66. The van der Waals surface area contributed by atoms with Crippen LogP contribution in [0.15, 0.2) is 18.2 Å². The summed E-state index contributed by atoms with van der Waals surface area (Å²) in [6.07, 6.45) is 0. The van der Waals surface area contributed by atoms with Crippen molar-refractivity contribution in [2.45, 2.75) is 0 Å². The van der Waals surface area contributed by atoms with Gasteiger partial charge in [-0.1, -0.05) is 11.3 Å². The van der Waals surface area contributed by atoms with Gasteiger partial charge in [0, 0.05) is 5.39 Å². The van der Waals surface area contributed by atoms with Gasteiger partial charge in [0.2, 0.25) is 0 Å². The number of nitrogen functional groups attached to an aromatic ring is 1. The van der Waals surface area contributed by atoms with E-state index in [1.807, 2.05) is 0 Å². The van der Waals surface area contributed by atoms with E-state index < -0.39 is 0 Å². The van der Waals surface area contributed by atoms with Gasteiger partial charge >= 0.3 is 0 Å². The van der Waals surface area contributed by atoms with Crippen LogP contribution in [-0.4, -0.2) is 5.11 Å². The molecule has 2 aromatic rings. The lowest BCUT2D eigenvalue weighted by atomic mass is 10.2. The molecule has 0 bridgehead atoms. The fourth-order valence-corrected chi connectivity index (χ4v) is 1.94. The van der Waals surface area contributed by atoms with Crippen molar-refractivity contribution in [2.75, 3.05) is 5.73 Å². The van der Waals surface area contributed by atoms with Gasteiger partial charge in [-0.05, 0) is 18.2 Å². The summed E-state index contributed by atoms with van der Waals surface area (Å²) in [5.74, 6) is -0.377. The molecule has 1 heterocycles. The van der Waals surface area contributed by atoms with Crippen LogP contribution in [0, 0.1) is 5.82 Å². The molecule has 1 aromatic carbocycles. The Balaban J connectivity index is 2.88. The summed E-state index contributed by atoms with van der Waals surface area (Å²) in [7, 11) is 0. The number of halogens is 1. The van der Waals surface area contributed by atoms with E-state index >= 15 is 0 Å². The Hall–Kier alpha value is -1.29. The summed E-state index contributed by atoms with van der Waals surface area (Å²) in [5, 5.41) is 9.92. The van der Waals surface area contributed by atoms with Gasteiger partial charge in [0.05, 0.1) is 10.4 Å². The highest BCUT2D eigenvalue weighted by atomic mass is 32.1. The number of hydrogen-bond donors (Lipinski definition) is 2. The lowest BCUT2D eigenvalue weighted by Gasteiger charge is -1.94. The van der Waals surface area contributed by atoms with Crippen molar-refractivity contribution in [2.24, 2.45) is 0 Å². The molecule has 0 saturated heterocycles. The van der Waals surface area contributed by atoms with Gasteiger partial charge in [0.1, 0.15) is 5.82 Å². The molecule has 0 amide bonds.